The van der Waals surface area contributed by atoms with Crippen LogP contribution in [-0.4, -0.2) is 18.6 Å². The molecule has 0 heterocycles. The summed E-state index contributed by atoms with van der Waals surface area (Å²) in [6.07, 6.45) is -0.901. The topological polar surface area (TPSA) is 47.6 Å². The number of hydrogen-bond donors (Lipinski definition) is 1. The van der Waals surface area contributed by atoms with E-state index in [1.54, 1.807) is 12.1 Å². The van der Waals surface area contributed by atoms with Crippen LogP contribution >= 0.6 is 23.2 Å². The van der Waals surface area contributed by atoms with Crippen molar-refractivity contribution in [3.05, 3.63) is 52.5 Å². The van der Waals surface area contributed by atoms with Crippen molar-refractivity contribution in [3.8, 4) is 11.5 Å². The third kappa shape index (κ3) is 4.97. The molecule has 0 aliphatic carbocycles. The summed E-state index contributed by atoms with van der Waals surface area (Å²) >= 11 is 11.7. The molecule has 1 unspecified atom stereocenters. The van der Waals surface area contributed by atoms with Crippen molar-refractivity contribution in [2.45, 2.75) is 19.6 Å². The number of alkyl halides is 2. The molecule has 0 saturated heterocycles. The Morgan fingerprint density at radius 1 is 1.08 bits per heavy atom. The molecule has 0 aromatic heterocycles. The standard InChI is InChI=1S/C16H13Cl2F2NO3/c1-9(23-10-6-7-11(17)12(18)8-10)15(22)21-13-4-2-3-5-14(13)24-16(19)20/h2-9,16H,1H3,(H,21,22). The second kappa shape index (κ2) is 8.17. The first-order valence-electron chi connectivity index (χ1n) is 6.83. The van der Waals surface area contributed by atoms with Gasteiger partial charge in [-0.15, -0.1) is 0 Å². The predicted octanol–water partition coefficient (Wildman–Crippen LogP) is 5.00. The van der Waals surface area contributed by atoms with Crippen LogP contribution in [0.25, 0.3) is 0 Å². The van der Waals surface area contributed by atoms with Gasteiger partial charge in [-0.1, -0.05) is 35.3 Å². The van der Waals surface area contributed by atoms with E-state index in [1.165, 1.54) is 37.3 Å². The van der Waals surface area contributed by atoms with Crippen LogP contribution in [0.1, 0.15) is 6.92 Å². The molecule has 2 aromatic rings. The largest absolute Gasteiger partial charge is 0.481 e. The third-order valence-corrected chi connectivity index (χ3v) is 3.67. The van der Waals surface area contributed by atoms with Gasteiger partial charge in [0.1, 0.15) is 11.5 Å². The number of rotatable bonds is 6. The maximum absolute atomic E-state index is 12.4. The van der Waals surface area contributed by atoms with Gasteiger partial charge in [0.15, 0.2) is 6.10 Å². The van der Waals surface area contributed by atoms with Crippen LogP contribution in [0.15, 0.2) is 42.5 Å². The third-order valence-electron chi connectivity index (χ3n) is 2.93. The van der Waals surface area contributed by atoms with Gasteiger partial charge in [0.25, 0.3) is 5.91 Å². The highest BCUT2D eigenvalue weighted by Gasteiger charge is 2.18. The zero-order valence-corrected chi connectivity index (χ0v) is 13.9. The molecule has 0 spiro atoms. The molecule has 2 rings (SSSR count). The van der Waals surface area contributed by atoms with Gasteiger partial charge in [-0.3, -0.25) is 4.79 Å². The minimum Gasteiger partial charge on any atom is -0.481 e. The number of anilines is 1. The van der Waals surface area contributed by atoms with Crippen molar-refractivity contribution < 1.29 is 23.0 Å². The Morgan fingerprint density at radius 3 is 2.46 bits per heavy atom. The number of halogens is 4. The van der Waals surface area contributed by atoms with Crippen LogP contribution in [0.5, 0.6) is 11.5 Å². The fourth-order valence-electron chi connectivity index (χ4n) is 1.81. The molecule has 4 nitrogen and oxygen atoms in total. The van der Waals surface area contributed by atoms with Gasteiger partial charge < -0.3 is 14.8 Å². The van der Waals surface area contributed by atoms with Crippen LogP contribution in [0, 0.1) is 0 Å². The van der Waals surface area contributed by atoms with Crippen LogP contribution < -0.4 is 14.8 Å². The van der Waals surface area contributed by atoms with E-state index >= 15 is 0 Å². The number of amides is 1. The second-order valence-electron chi connectivity index (χ2n) is 4.70. The molecule has 0 radical (unpaired) electrons. The zero-order chi connectivity index (χ0) is 17.7. The molecule has 1 atom stereocenters. The van der Waals surface area contributed by atoms with Crippen molar-refractivity contribution in [3.63, 3.8) is 0 Å². The van der Waals surface area contributed by atoms with E-state index in [-0.39, 0.29) is 16.5 Å². The SMILES string of the molecule is CC(Oc1ccc(Cl)c(Cl)c1)C(=O)Nc1ccccc1OC(F)F. The minimum absolute atomic E-state index is 0.118. The lowest BCUT2D eigenvalue weighted by atomic mass is 10.2. The molecule has 1 N–H and O–H groups in total. The van der Waals surface area contributed by atoms with E-state index < -0.39 is 18.6 Å². The molecular formula is C16H13Cl2F2NO3. The fourth-order valence-corrected chi connectivity index (χ4v) is 2.10. The summed E-state index contributed by atoms with van der Waals surface area (Å²) < 4.78 is 34.6. The highest BCUT2D eigenvalue weighted by molar-refractivity contribution is 6.42. The van der Waals surface area contributed by atoms with Crippen molar-refractivity contribution in [2.75, 3.05) is 5.32 Å². The average molecular weight is 376 g/mol. The Hall–Kier alpha value is -2.05. The molecule has 2 aromatic carbocycles. The molecule has 24 heavy (non-hydrogen) atoms. The van der Waals surface area contributed by atoms with E-state index in [0.717, 1.165) is 0 Å². The highest BCUT2D eigenvalue weighted by atomic mass is 35.5. The Morgan fingerprint density at radius 2 is 1.79 bits per heavy atom. The van der Waals surface area contributed by atoms with E-state index in [1.807, 2.05) is 0 Å². The summed E-state index contributed by atoms with van der Waals surface area (Å²) in [5.74, 6) is -0.321. The van der Waals surface area contributed by atoms with Crippen LogP contribution in [0.3, 0.4) is 0 Å². The second-order valence-corrected chi connectivity index (χ2v) is 5.51. The first kappa shape index (κ1) is 18.3. The fraction of sp³-hybridized carbons (Fsp3) is 0.188. The molecular weight excluding hydrogens is 363 g/mol. The first-order valence-corrected chi connectivity index (χ1v) is 7.59. The van der Waals surface area contributed by atoms with Gasteiger partial charge in [0.2, 0.25) is 0 Å². The summed E-state index contributed by atoms with van der Waals surface area (Å²) in [6.45, 7) is -1.48. The molecule has 0 aliphatic rings. The lowest BCUT2D eigenvalue weighted by Gasteiger charge is -2.16. The van der Waals surface area contributed by atoms with E-state index in [4.69, 9.17) is 27.9 Å². The number of hydrogen-bond acceptors (Lipinski definition) is 3. The van der Waals surface area contributed by atoms with Crippen molar-refractivity contribution >= 4 is 34.8 Å². The molecule has 0 saturated carbocycles. The number of carbonyl (C=O) groups is 1. The number of carbonyl (C=O) groups excluding carboxylic acids is 1. The van der Waals surface area contributed by atoms with Gasteiger partial charge in [0.05, 0.1) is 15.7 Å². The lowest BCUT2D eigenvalue weighted by molar-refractivity contribution is -0.122. The van der Waals surface area contributed by atoms with Crippen LogP contribution in [0.4, 0.5) is 14.5 Å². The Kier molecular flexibility index (Phi) is 6.23. The van der Waals surface area contributed by atoms with Gasteiger partial charge in [0, 0.05) is 6.07 Å². The van der Waals surface area contributed by atoms with Crippen molar-refractivity contribution in [1.82, 2.24) is 0 Å². The number of para-hydroxylation sites is 2. The predicted molar refractivity (Wildman–Crippen MR) is 88.3 cm³/mol. The maximum atomic E-state index is 12.4. The molecule has 8 heteroatoms. The number of benzene rings is 2. The number of ether oxygens (including phenoxy) is 2. The smallest absolute Gasteiger partial charge is 0.387 e. The first-order chi connectivity index (χ1) is 11.4. The van der Waals surface area contributed by atoms with Gasteiger partial charge in [-0.25, -0.2) is 0 Å². The maximum Gasteiger partial charge on any atom is 0.387 e. The molecule has 128 valence electrons. The quantitative estimate of drug-likeness (QED) is 0.772. The Bertz CT molecular complexity index is 728. The summed E-state index contributed by atoms with van der Waals surface area (Å²) in [6, 6.07) is 10.4. The summed E-state index contributed by atoms with van der Waals surface area (Å²) in [5, 5.41) is 3.13. The van der Waals surface area contributed by atoms with E-state index in [2.05, 4.69) is 10.1 Å². The van der Waals surface area contributed by atoms with E-state index in [9.17, 15) is 13.6 Å². The average Bonchev–Trinajstić information content (AvgIpc) is 2.52. The molecule has 1 amide bonds. The summed E-state index contributed by atoms with van der Waals surface area (Å²) in [4.78, 5) is 12.2. The number of nitrogens with one attached hydrogen (secondary N) is 1. The normalized spacial score (nSPS) is 11.9. The monoisotopic (exact) mass is 375 g/mol. The van der Waals surface area contributed by atoms with Crippen molar-refractivity contribution in [1.29, 1.82) is 0 Å². The van der Waals surface area contributed by atoms with Gasteiger partial charge in [-0.2, -0.15) is 8.78 Å². The summed E-state index contributed by atoms with van der Waals surface area (Å²) in [5.41, 5.74) is 0.118. The molecule has 0 bridgehead atoms. The lowest BCUT2D eigenvalue weighted by Crippen LogP contribution is -2.30. The molecule has 0 fully saturated rings. The van der Waals surface area contributed by atoms with Crippen LogP contribution in [0.2, 0.25) is 10.0 Å². The Labute approximate surface area is 147 Å². The van der Waals surface area contributed by atoms with Gasteiger partial charge >= 0.3 is 6.61 Å². The van der Waals surface area contributed by atoms with Crippen LogP contribution in [-0.2, 0) is 4.79 Å². The Balaban J connectivity index is 2.05. The molecule has 0 aliphatic heterocycles. The zero-order valence-electron chi connectivity index (χ0n) is 12.4. The van der Waals surface area contributed by atoms with Gasteiger partial charge in [-0.05, 0) is 31.2 Å². The highest BCUT2D eigenvalue weighted by Crippen LogP contribution is 2.28. The minimum atomic E-state index is -2.99. The van der Waals surface area contributed by atoms with E-state index in [0.29, 0.717) is 10.8 Å². The summed E-state index contributed by atoms with van der Waals surface area (Å²) in [7, 11) is 0. The van der Waals surface area contributed by atoms with Crippen molar-refractivity contribution in [2.24, 2.45) is 0 Å².